The van der Waals surface area contributed by atoms with E-state index >= 15 is 0 Å². The summed E-state index contributed by atoms with van der Waals surface area (Å²) in [5.41, 5.74) is 5.45. The molecule has 0 bridgehead atoms. The Balaban J connectivity index is 1.56. The number of piperidine rings is 1. The zero-order valence-corrected chi connectivity index (χ0v) is 19.9. The maximum atomic E-state index is 12.3. The van der Waals surface area contributed by atoms with Gasteiger partial charge >= 0.3 is 0 Å². The summed E-state index contributed by atoms with van der Waals surface area (Å²) in [5, 5.41) is 14.3. The van der Waals surface area contributed by atoms with Gasteiger partial charge in [0, 0.05) is 35.6 Å². The average Bonchev–Trinajstić information content (AvgIpc) is 3.23. The second-order valence-corrected chi connectivity index (χ2v) is 9.02. The molecular weight excluding hydrogens is 436 g/mol. The smallest absolute Gasteiger partial charge is 0.251 e. The summed E-state index contributed by atoms with van der Waals surface area (Å²) in [5.74, 6) is -0.153. The molecule has 6 heteroatoms. The van der Waals surface area contributed by atoms with Gasteiger partial charge in [0.2, 0.25) is 0 Å². The van der Waals surface area contributed by atoms with Crippen LogP contribution in [0.5, 0.6) is 5.88 Å². The van der Waals surface area contributed by atoms with Crippen molar-refractivity contribution in [3.63, 3.8) is 0 Å². The molecule has 5 rings (SSSR count). The Morgan fingerprint density at radius 1 is 0.971 bits per heavy atom. The molecule has 1 aromatic heterocycles. The van der Waals surface area contributed by atoms with Crippen molar-refractivity contribution in [3.05, 3.63) is 95.1 Å². The number of aromatic amines is 1. The lowest BCUT2D eigenvalue weighted by Crippen LogP contribution is -2.28. The van der Waals surface area contributed by atoms with Crippen molar-refractivity contribution < 1.29 is 9.90 Å². The van der Waals surface area contributed by atoms with Gasteiger partial charge in [-0.25, -0.2) is 4.99 Å². The number of fused-ring (bicyclic) bond motifs is 1. The molecule has 0 spiro atoms. The highest BCUT2D eigenvalue weighted by molar-refractivity contribution is 6.22. The van der Waals surface area contributed by atoms with Crippen molar-refractivity contribution in [1.82, 2.24) is 15.2 Å². The van der Waals surface area contributed by atoms with Gasteiger partial charge in [0.1, 0.15) is 0 Å². The monoisotopic (exact) mass is 466 g/mol. The number of hydrogen-bond donors (Lipinski definition) is 3. The van der Waals surface area contributed by atoms with Crippen molar-refractivity contribution in [1.29, 1.82) is 0 Å². The van der Waals surface area contributed by atoms with Crippen LogP contribution in [0, 0.1) is 0 Å². The highest BCUT2D eigenvalue weighted by atomic mass is 16.3. The number of nitrogens with zero attached hydrogens (tertiary/aromatic N) is 2. The van der Waals surface area contributed by atoms with Gasteiger partial charge in [0.05, 0.1) is 17.0 Å². The highest BCUT2D eigenvalue weighted by Gasteiger charge is 2.20. The molecule has 4 aromatic rings. The summed E-state index contributed by atoms with van der Waals surface area (Å²) >= 11 is 0. The van der Waals surface area contributed by atoms with E-state index < -0.39 is 0 Å². The molecule has 35 heavy (non-hydrogen) atoms. The third-order valence-electron chi connectivity index (χ3n) is 6.58. The Morgan fingerprint density at radius 3 is 2.43 bits per heavy atom. The molecule has 1 amide bonds. The zero-order valence-electron chi connectivity index (χ0n) is 19.9. The van der Waals surface area contributed by atoms with E-state index in [1.165, 1.54) is 24.8 Å². The number of aromatic hydroxyl groups is 1. The predicted octanol–water partition coefficient (Wildman–Crippen LogP) is 5.39. The van der Waals surface area contributed by atoms with Gasteiger partial charge < -0.3 is 15.4 Å². The Hall–Kier alpha value is -3.90. The standard InChI is InChI=1S/C29H30N4O2/c1-30-28(34)22-12-15-25-24(18-22)26(29(35)32-25)27(21-8-4-2-5-9-21)31-23-13-10-20(11-14-23)19-33-16-6-3-7-17-33/h2,4-5,8-15,18,32,35H,3,6-7,16-17,19H2,1H3,(H,30,34). The van der Waals surface area contributed by atoms with Crippen molar-refractivity contribution in [2.24, 2.45) is 4.99 Å². The van der Waals surface area contributed by atoms with Gasteiger partial charge in [-0.1, -0.05) is 48.9 Å². The molecule has 1 saturated heterocycles. The number of likely N-dealkylation sites (tertiary alicyclic amines) is 1. The van der Waals surface area contributed by atoms with E-state index in [-0.39, 0.29) is 11.8 Å². The lowest BCUT2D eigenvalue weighted by molar-refractivity contribution is 0.0963. The second-order valence-electron chi connectivity index (χ2n) is 9.02. The zero-order chi connectivity index (χ0) is 24.2. The summed E-state index contributed by atoms with van der Waals surface area (Å²) in [6.07, 6.45) is 3.88. The first-order chi connectivity index (χ1) is 17.1. The van der Waals surface area contributed by atoms with E-state index in [0.717, 1.165) is 41.8 Å². The Bertz CT molecular complexity index is 1350. The van der Waals surface area contributed by atoms with E-state index in [1.54, 1.807) is 25.2 Å². The van der Waals surface area contributed by atoms with Gasteiger partial charge in [0.25, 0.3) is 5.91 Å². The number of nitrogens with one attached hydrogen (secondary N) is 2. The molecule has 178 valence electrons. The average molecular weight is 467 g/mol. The first-order valence-corrected chi connectivity index (χ1v) is 12.1. The molecule has 0 saturated carbocycles. The summed E-state index contributed by atoms with van der Waals surface area (Å²) in [6, 6.07) is 23.5. The van der Waals surface area contributed by atoms with Gasteiger partial charge in [-0.2, -0.15) is 0 Å². The quantitative estimate of drug-likeness (QED) is 0.333. The van der Waals surface area contributed by atoms with E-state index in [9.17, 15) is 9.90 Å². The number of hydrogen-bond acceptors (Lipinski definition) is 4. The summed E-state index contributed by atoms with van der Waals surface area (Å²) in [4.78, 5) is 22.8. The van der Waals surface area contributed by atoms with Gasteiger partial charge in [0.15, 0.2) is 5.88 Å². The minimum Gasteiger partial charge on any atom is -0.494 e. The molecule has 0 aliphatic carbocycles. The second kappa shape index (κ2) is 10.2. The molecule has 0 atom stereocenters. The lowest BCUT2D eigenvalue weighted by atomic mass is 9.99. The number of H-pyrrole nitrogens is 1. The molecule has 1 aliphatic heterocycles. The van der Waals surface area contributed by atoms with Crippen LogP contribution in [0.3, 0.4) is 0 Å². The fraction of sp³-hybridized carbons (Fsp3) is 0.241. The Morgan fingerprint density at radius 2 is 1.71 bits per heavy atom. The SMILES string of the molecule is CNC(=O)c1ccc2[nH]c(O)c(C(=Nc3ccc(CN4CCCCC4)cc3)c3ccccc3)c2c1. The van der Waals surface area contributed by atoms with Gasteiger partial charge in [-0.3, -0.25) is 9.69 Å². The van der Waals surface area contributed by atoms with Crippen LogP contribution in [0.25, 0.3) is 10.9 Å². The number of aliphatic imine (C=N–C) groups is 1. The molecule has 3 N–H and O–H groups in total. The number of benzene rings is 3. The van der Waals surface area contributed by atoms with Crippen LogP contribution < -0.4 is 5.32 Å². The maximum Gasteiger partial charge on any atom is 0.251 e. The van der Waals surface area contributed by atoms with Crippen LogP contribution in [0.2, 0.25) is 0 Å². The number of amides is 1. The molecule has 3 aromatic carbocycles. The van der Waals surface area contributed by atoms with E-state index in [0.29, 0.717) is 16.8 Å². The minimum atomic E-state index is -0.180. The van der Waals surface area contributed by atoms with Crippen molar-refractivity contribution in [2.45, 2.75) is 25.8 Å². The highest BCUT2D eigenvalue weighted by Crippen LogP contribution is 2.32. The van der Waals surface area contributed by atoms with Crippen LogP contribution in [0.15, 0.2) is 77.8 Å². The molecule has 1 fully saturated rings. The van der Waals surface area contributed by atoms with Crippen LogP contribution in [0.4, 0.5) is 5.69 Å². The summed E-state index contributed by atoms with van der Waals surface area (Å²) < 4.78 is 0. The summed E-state index contributed by atoms with van der Waals surface area (Å²) in [7, 11) is 1.60. The molecule has 0 radical (unpaired) electrons. The van der Waals surface area contributed by atoms with Crippen LogP contribution >= 0.6 is 0 Å². The van der Waals surface area contributed by atoms with E-state index in [2.05, 4.69) is 27.3 Å². The predicted molar refractivity (Wildman–Crippen MR) is 141 cm³/mol. The third-order valence-corrected chi connectivity index (χ3v) is 6.58. The largest absolute Gasteiger partial charge is 0.494 e. The van der Waals surface area contributed by atoms with Crippen LogP contribution in [-0.4, -0.2) is 46.7 Å². The number of rotatable bonds is 6. The molecule has 6 nitrogen and oxygen atoms in total. The topological polar surface area (TPSA) is 80.7 Å². The lowest BCUT2D eigenvalue weighted by Gasteiger charge is -2.26. The van der Waals surface area contributed by atoms with E-state index in [4.69, 9.17) is 4.99 Å². The van der Waals surface area contributed by atoms with Crippen LogP contribution in [-0.2, 0) is 6.54 Å². The van der Waals surface area contributed by atoms with E-state index in [1.807, 2.05) is 42.5 Å². The van der Waals surface area contributed by atoms with Crippen LogP contribution in [0.1, 0.15) is 46.3 Å². The van der Waals surface area contributed by atoms with Crippen molar-refractivity contribution in [2.75, 3.05) is 20.1 Å². The third kappa shape index (κ3) is 4.98. The molecule has 0 unspecified atom stereocenters. The number of aromatic nitrogens is 1. The van der Waals surface area contributed by atoms with Gasteiger partial charge in [-0.05, 0) is 61.8 Å². The van der Waals surface area contributed by atoms with Gasteiger partial charge in [-0.15, -0.1) is 0 Å². The Labute approximate surface area is 205 Å². The Kier molecular flexibility index (Phi) is 6.64. The molecular formula is C29H30N4O2. The number of carbonyl (C=O) groups is 1. The fourth-order valence-electron chi connectivity index (χ4n) is 4.74. The minimum absolute atomic E-state index is 0.0263. The molecule has 2 heterocycles. The van der Waals surface area contributed by atoms with Crippen molar-refractivity contribution >= 4 is 28.2 Å². The molecule has 1 aliphatic rings. The normalized spacial score (nSPS) is 14.8. The summed E-state index contributed by atoms with van der Waals surface area (Å²) in [6.45, 7) is 3.28. The number of carbonyl (C=O) groups excluding carboxylic acids is 1. The first-order valence-electron chi connectivity index (χ1n) is 12.1. The fourth-order valence-corrected chi connectivity index (χ4v) is 4.74. The van der Waals surface area contributed by atoms with Crippen molar-refractivity contribution in [3.8, 4) is 5.88 Å². The maximum absolute atomic E-state index is 12.3. The first kappa shape index (κ1) is 22.9.